The standard InChI is InChI=1S/C34H47N3O9S/c1-3-4-6-11-25(20-24(38)14-12-23-13-16-29(39)30(19-23)46-2)47-21-28(36-31(40)17-15-26(35)33(42)43)32(41)37-27(34(44)45)18-22-9-7-5-8-10-22/h5,7-10,13,16,19,25-28,39H,3-4,6,11-12,14-15,17-18,20-21,35H2,1-2H3,(H,36,40)(H,37,41)(H,42,43)(H,44,45)/t25?,26-,27-,28-/m0/s1. The van der Waals surface area contributed by atoms with Crippen LogP contribution in [-0.2, 0) is 36.8 Å². The maximum absolute atomic E-state index is 13.4. The Morgan fingerprint density at radius 3 is 2.26 bits per heavy atom. The van der Waals surface area contributed by atoms with Crippen molar-refractivity contribution in [2.45, 2.75) is 94.5 Å². The van der Waals surface area contributed by atoms with Crippen molar-refractivity contribution in [1.82, 2.24) is 10.6 Å². The Hall–Kier alpha value is -4.10. The van der Waals surface area contributed by atoms with Gasteiger partial charge in [-0.25, -0.2) is 4.79 Å². The molecule has 258 valence electrons. The van der Waals surface area contributed by atoms with Crippen molar-refractivity contribution in [3.8, 4) is 11.5 Å². The molecule has 0 bridgehead atoms. The number of nitrogens with one attached hydrogen (secondary N) is 2. The molecule has 4 atom stereocenters. The number of ketones is 1. The lowest BCUT2D eigenvalue weighted by Gasteiger charge is -2.24. The minimum Gasteiger partial charge on any atom is -0.504 e. The number of nitrogens with two attached hydrogens (primary N) is 1. The van der Waals surface area contributed by atoms with Crippen LogP contribution in [0.4, 0.5) is 0 Å². The van der Waals surface area contributed by atoms with Gasteiger partial charge in [-0.05, 0) is 42.5 Å². The normalized spacial score (nSPS) is 13.5. The molecule has 2 aromatic carbocycles. The maximum atomic E-state index is 13.4. The van der Waals surface area contributed by atoms with Crippen molar-refractivity contribution in [3.05, 3.63) is 59.7 Å². The van der Waals surface area contributed by atoms with E-state index in [-0.39, 0.29) is 54.6 Å². The lowest BCUT2D eigenvalue weighted by atomic mass is 10.0. The Bertz CT molecular complexity index is 1330. The van der Waals surface area contributed by atoms with Gasteiger partial charge >= 0.3 is 11.9 Å². The molecule has 2 rings (SSSR count). The summed E-state index contributed by atoms with van der Waals surface area (Å²) in [5.74, 6) is -3.35. The number of carboxylic acid groups (broad SMARTS) is 2. The molecule has 0 heterocycles. The molecule has 0 aliphatic heterocycles. The Morgan fingerprint density at radius 2 is 1.62 bits per heavy atom. The van der Waals surface area contributed by atoms with Gasteiger partial charge in [0.2, 0.25) is 11.8 Å². The third-order valence-electron chi connectivity index (χ3n) is 7.57. The molecule has 47 heavy (non-hydrogen) atoms. The van der Waals surface area contributed by atoms with Crippen LogP contribution >= 0.6 is 11.8 Å². The molecular weight excluding hydrogens is 626 g/mol. The number of carbonyl (C=O) groups is 5. The Labute approximate surface area is 279 Å². The third-order valence-corrected chi connectivity index (χ3v) is 8.97. The summed E-state index contributed by atoms with van der Waals surface area (Å²) < 4.78 is 5.15. The number of Topliss-reactive ketones (excluding diaryl/α,β-unsaturated/α-hetero) is 1. The first kappa shape index (κ1) is 39.1. The van der Waals surface area contributed by atoms with E-state index in [2.05, 4.69) is 17.6 Å². The molecule has 0 aliphatic rings. The van der Waals surface area contributed by atoms with Gasteiger partial charge in [0.05, 0.1) is 7.11 Å². The molecule has 0 aliphatic carbocycles. The van der Waals surface area contributed by atoms with E-state index in [4.69, 9.17) is 15.6 Å². The molecule has 0 fully saturated rings. The van der Waals surface area contributed by atoms with Crippen LogP contribution in [0.5, 0.6) is 11.5 Å². The molecule has 0 saturated heterocycles. The smallest absolute Gasteiger partial charge is 0.326 e. The average molecular weight is 674 g/mol. The number of amides is 2. The number of hydrogen-bond donors (Lipinski definition) is 6. The quantitative estimate of drug-likeness (QED) is 0.0942. The number of carboxylic acids is 2. The fourth-order valence-corrected chi connectivity index (χ4v) is 6.13. The zero-order valence-electron chi connectivity index (χ0n) is 27.0. The van der Waals surface area contributed by atoms with Crippen molar-refractivity contribution in [3.63, 3.8) is 0 Å². The van der Waals surface area contributed by atoms with Gasteiger partial charge in [0.1, 0.15) is 23.9 Å². The van der Waals surface area contributed by atoms with Crippen LogP contribution in [-0.4, -0.2) is 81.1 Å². The van der Waals surface area contributed by atoms with E-state index in [9.17, 15) is 34.2 Å². The fraction of sp³-hybridized carbons (Fsp3) is 0.500. The summed E-state index contributed by atoms with van der Waals surface area (Å²) in [6, 6.07) is 10.1. The maximum Gasteiger partial charge on any atom is 0.326 e. The number of phenols is 1. The number of unbranched alkanes of at least 4 members (excludes halogenated alkanes) is 2. The first-order valence-corrected chi connectivity index (χ1v) is 16.8. The lowest BCUT2D eigenvalue weighted by molar-refractivity contribution is -0.142. The fourth-order valence-electron chi connectivity index (χ4n) is 4.80. The van der Waals surface area contributed by atoms with Crippen LogP contribution in [0.15, 0.2) is 48.5 Å². The van der Waals surface area contributed by atoms with Crippen molar-refractivity contribution < 1.29 is 44.0 Å². The molecule has 2 aromatic rings. The minimum atomic E-state index is -1.25. The monoisotopic (exact) mass is 673 g/mol. The number of benzene rings is 2. The second kappa shape index (κ2) is 20.9. The number of carbonyl (C=O) groups excluding carboxylic acids is 3. The van der Waals surface area contributed by atoms with Crippen LogP contribution in [0.3, 0.4) is 0 Å². The van der Waals surface area contributed by atoms with Gasteiger partial charge in [-0.1, -0.05) is 62.6 Å². The number of ether oxygens (including phenoxy) is 1. The lowest BCUT2D eigenvalue weighted by Crippen LogP contribution is -2.53. The number of aromatic hydroxyl groups is 1. The molecule has 0 aromatic heterocycles. The summed E-state index contributed by atoms with van der Waals surface area (Å²) in [5, 5.41) is 33.7. The average Bonchev–Trinajstić information content (AvgIpc) is 3.04. The second-order valence-corrected chi connectivity index (χ2v) is 12.7. The zero-order valence-corrected chi connectivity index (χ0v) is 27.8. The van der Waals surface area contributed by atoms with E-state index in [1.165, 1.54) is 24.9 Å². The van der Waals surface area contributed by atoms with Crippen molar-refractivity contribution in [2.24, 2.45) is 5.73 Å². The Morgan fingerprint density at radius 1 is 0.894 bits per heavy atom. The summed E-state index contributed by atoms with van der Waals surface area (Å²) in [6.07, 6.45) is 4.13. The molecule has 13 heteroatoms. The summed E-state index contributed by atoms with van der Waals surface area (Å²) in [7, 11) is 1.45. The topological polar surface area (TPSA) is 205 Å². The first-order valence-electron chi connectivity index (χ1n) is 15.8. The van der Waals surface area contributed by atoms with Crippen LogP contribution in [0.25, 0.3) is 0 Å². The van der Waals surface area contributed by atoms with Crippen molar-refractivity contribution in [2.75, 3.05) is 12.9 Å². The van der Waals surface area contributed by atoms with Gasteiger partial charge in [0, 0.05) is 36.7 Å². The molecule has 0 radical (unpaired) electrons. The Kier molecular flexibility index (Phi) is 17.4. The number of phenolic OH excluding ortho intramolecular Hbond substituents is 1. The van der Waals surface area contributed by atoms with Gasteiger partial charge in [-0.2, -0.15) is 11.8 Å². The largest absolute Gasteiger partial charge is 0.504 e. The molecule has 0 saturated carbocycles. The van der Waals surface area contributed by atoms with E-state index < -0.39 is 41.9 Å². The highest BCUT2D eigenvalue weighted by Crippen LogP contribution is 2.28. The molecule has 0 spiro atoms. The van der Waals surface area contributed by atoms with Gasteiger partial charge in [-0.3, -0.25) is 19.2 Å². The van der Waals surface area contributed by atoms with Crippen LogP contribution < -0.4 is 21.1 Å². The number of methoxy groups -OCH3 is 1. The van der Waals surface area contributed by atoms with E-state index in [1.54, 1.807) is 42.5 Å². The SMILES string of the molecule is CCCCCC(CC(=O)CCc1ccc(O)c(OC)c1)SC[C@H](NC(=O)CC[C@H](N)C(=O)O)C(=O)N[C@@H](Cc1ccccc1)C(=O)O. The van der Waals surface area contributed by atoms with Gasteiger partial charge < -0.3 is 36.4 Å². The van der Waals surface area contributed by atoms with Crippen molar-refractivity contribution >= 4 is 41.3 Å². The van der Waals surface area contributed by atoms with Gasteiger partial charge in [0.15, 0.2) is 11.5 Å². The summed E-state index contributed by atoms with van der Waals surface area (Å²) in [4.78, 5) is 62.4. The summed E-state index contributed by atoms with van der Waals surface area (Å²) >= 11 is 1.36. The van der Waals surface area contributed by atoms with Crippen LogP contribution in [0, 0.1) is 0 Å². The predicted octanol–water partition coefficient (Wildman–Crippen LogP) is 3.46. The van der Waals surface area contributed by atoms with E-state index in [0.717, 1.165) is 24.8 Å². The predicted molar refractivity (Wildman–Crippen MR) is 179 cm³/mol. The van der Waals surface area contributed by atoms with E-state index in [1.807, 2.05) is 0 Å². The minimum absolute atomic E-state index is 0.0140. The number of aryl methyl sites for hydroxylation is 1. The zero-order chi connectivity index (χ0) is 34.8. The highest BCUT2D eigenvalue weighted by atomic mass is 32.2. The number of rotatable bonds is 23. The van der Waals surface area contributed by atoms with Crippen LogP contribution in [0.2, 0.25) is 0 Å². The van der Waals surface area contributed by atoms with E-state index in [0.29, 0.717) is 24.2 Å². The van der Waals surface area contributed by atoms with Crippen molar-refractivity contribution in [1.29, 1.82) is 0 Å². The van der Waals surface area contributed by atoms with Gasteiger partial charge in [0.25, 0.3) is 0 Å². The first-order chi connectivity index (χ1) is 22.4. The molecular formula is C34H47N3O9S. The number of hydrogen-bond acceptors (Lipinski definition) is 9. The Balaban J connectivity index is 2.14. The molecule has 7 N–H and O–H groups in total. The second-order valence-electron chi connectivity index (χ2n) is 11.4. The summed E-state index contributed by atoms with van der Waals surface area (Å²) in [5.41, 5.74) is 7.08. The van der Waals surface area contributed by atoms with E-state index >= 15 is 0 Å². The number of thioether (sulfide) groups is 1. The highest BCUT2D eigenvalue weighted by molar-refractivity contribution is 8.00. The molecule has 2 amide bonds. The van der Waals surface area contributed by atoms with Crippen LogP contribution in [0.1, 0.15) is 69.4 Å². The molecule has 12 nitrogen and oxygen atoms in total. The third kappa shape index (κ3) is 14.9. The summed E-state index contributed by atoms with van der Waals surface area (Å²) in [6.45, 7) is 2.07. The van der Waals surface area contributed by atoms with Gasteiger partial charge in [-0.15, -0.1) is 0 Å². The highest BCUT2D eigenvalue weighted by Gasteiger charge is 2.28. The number of aliphatic carboxylic acids is 2. The molecule has 1 unspecified atom stereocenters.